The molecule has 0 aromatic heterocycles. The van der Waals surface area contributed by atoms with Crippen molar-refractivity contribution in [3.8, 4) is 0 Å². The molecule has 1 rings (SSSR count). The van der Waals surface area contributed by atoms with Crippen LogP contribution in [0.3, 0.4) is 0 Å². The normalized spacial score (nSPS) is 14.5. The van der Waals surface area contributed by atoms with Crippen molar-refractivity contribution in [1.29, 1.82) is 0 Å². The molecule has 0 fully saturated rings. The molecular formula is C16H25FN2O3S. The smallest absolute Gasteiger partial charge is 0.238 e. The van der Waals surface area contributed by atoms with Crippen LogP contribution in [0.5, 0.6) is 0 Å². The van der Waals surface area contributed by atoms with E-state index >= 15 is 0 Å². The first-order chi connectivity index (χ1) is 10.7. The number of sulfone groups is 1. The van der Waals surface area contributed by atoms with Crippen LogP contribution in [0.15, 0.2) is 29.2 Å². The lowest BCUT2D eigenvalue weighted by Gasteiger charge is -2.26. The zero-order valence-corrected chi connectivity index (χ0v) is 14.9. The van der Waals surface area contributed by atoms with Gasteiger partial charge in [0.1, 0.15) is 11.1 Å². The third-order valence-corrected chi connectivity index (χ3v) is 6.06. The van der Waals surface area contributed by atoms with E-state index in [2.05, 4.69) is 10.2 Å². The molecule has 0 spiro atoms. The van der Waals surface area contributed by atoms with E-state index in [1.807, 2.05) is 20.8 Å². The first-order valence-electron chi connectivity index (χ1n) is 7.75. The van der Waals surface area contributed by atoms with Crippen molar-refractivity contribution in [2.24, 2.45) is 0 Å². The van der Waals surface area contributed by atoms with Gasteiger partial charge < -0.3 is 5.32 Å². The average molecular weight is 344 g/mol. The fourth-order valence-electron chi connectivity index (χ4n) is 2.34. The van der Waals surface area contributed by atoms with Crippen molar-refractivity contribution in [3.05, 3.63) is 30.1 Å². The Morgan fingerprint density at radius 3 is 2.17 bits per heavy atom. The molecule has 0 bridgehead atoms. The Labute approximate surface area is 137 Å². The lowest BCUT2D eigenvalue weighted by molar-refractivity contribution is -0.120. The number of hydrogen-bond acceptors (Lipinski definition) is 4. The molecule has 0 heterocycles. The van der Waals surface area contributed by atoms with Gasteiger partial charge in [-0.15, -0.1) is 0 Å². The minimum Gasteiger partial charge on any atom is -0.353 e. The van der Waals surface area contributed by atoms with Crippen molar-refractivity contribution in [2.75, 3.05) is 19.6 Å². The SMILES string of the molecule is CCN(CC)[C@@H](C)CNC(=O)[C@H](C)S(=O)(=O)c1ccc(F)cc1. The Bertz CT molecular complexity index is 613. The first kappa shape index (κ1) is 19.6. The fraction of sp³-hybridized carbons (Fsp3) is 0.562. The Balaban J connectivity index is 2.74. The number of benzene rings is 1. The fourth-order valence-corrected chi connectivity index (χ4v) is 3.63. The van der Waals surface area contributed by atoms with Crippen LogP contribution < -0.4 is 5.32 Å². The Morgan fingerprint density at radius 1 is 1.17 bits per heavy atom. The summed E-state index contributed by atoms with van der Waals surface area (Å²) < 4.78 is 37.7. The van der Waals surface area contributed by atoms with Gasteiger partial charge in [-0.3, -0.25) is 9.69 Å². The number of carbonyl (C=O) groups is 1. The van der Waals surface area contributed by atoms with E-state index < -0.39 is 26.8 Å². The molecule has 0 aliphatic heterocycles. The zero-order chi connectivity index (χ0) is 17.6. The molecule has 1 amide bonds. The van der Waals surface area contributed by atoms with E-state index in [4.69, 9.17) is 0 Å². The lowest BCUT2D eigenvalue weighted by atomic mass is 10.2. The molecule has 5 nitrogen and oxygen atoms in total. The Hall–Kier alpha value is -1.47. The molecule has 2 atom stereocenters. The Kier molecular flexibility index (Phi) is 7.15. The van der Waals surface area contributed by atoms with E-state index in [-0.39, 0.29) is 10.9 Å². The summed E-state index contributed by atoms with van der Waals surface area (Å²) in [5, 5.41) is 1.46. The first-order valence-corrected chi connectivity index (χ1v) is 9.29. The molecular weight excluding hydrogens is 319 g/mol. The van der Waals surface area contributed by atoms with Gasteiger partial charge in [0.2, 0.25) is 5.91 Å². The van der Waals surface area contributed by atoms with Gasteiger partial charge in [0.15, 0.2) is 9.84 Å². The monoisotopic (exact) mass is 344 g/mol. The number of carbonyl (C=O) groups excluding carboxylic acids is 1. The van der Waals surface area contributed by atoms with E-state index in [9.17, 15) is 17.6 Å². The summed E-state index contributed by atoms with van der Waals surface area (Å²) in [6.45, 7) is 9.48. The zero-order valence-electron chi connectivity index (χ0n) is 14.0. The maximum absolute atomic E-state index is 12.9. The third-order valence-electron chi connectivity index (χ3n) is 3.98. The summed E-state index contributed by atoms with van der Waals surface area (Å²) >= 11 is 0. The third kappa shape index (κ3) is 5.00. The quantitative estimate of drug-likeness (QED) is 0.731. The summed E-state index contributed by atoms with van der Waals surface area (Å²) in [6.07, 6.45) is 0. The molecule has 0 aliphatic carbocycles. The summed E-state index contributed by atoms with van der Waals surface area (Å²) in [5.41, 5.74) is 0. The van der Waals surface area contributed by atoms with Crippen LogP contribution in [0, 0.1) is 5.82 Å². The molecule has 0 unspecified atom stereocenters. The van der Waals surface area contributed by atoms with Crippen molar-refractivity contribution in [3.63, 3.8) is 0 Å². The number of nitrogens with one attached hydrogen (secondary N) is 1. The summed E-state index contributed by atoms with van der Waals surface area (Å²) in [4.78, 5) is 14.3. The van der Waals surface area contributed by atoms with Crippen LogP contribution in [0.4, 0.5) is 4.39 Å². The minimum absolute atomic E-state index is 0.0571. The predicted molar refractivity (Wildman–Crippen MR) is 88.4 cm³/mol. The molecule has 0 aliphatic rings. The second kappa shape index (κ2) is 8.40. The van der Waals surface area contributed by atoms with Crippen LogP contribution >= 0.6 is 0 Å². The van der Waals surface area contributed by atoms with Gasteiger partial charge in [0.05, 0.1) is 4.90 Å². The largest absolute Gasteiger partial charge is 0.353 e. The Morgan fingerprint density at radius 2 is 1.70 bits per heavy atom. The van der Waals surface area contributed by atoms with Gasteiger partial charge in [0.25, 0.3) is 0 Å². The van der Waals surface area contributed by atoms with Crippen molar-refractivity contribution in [1.82, 2.24) is 10.2 Å². The highest BCUT2D eigenvalue weighted by Crippen LogP contribution is 2.16. The highest BCUT2D eigenvalue weighted by molar-refractivity contribution is 7.92. The number of halogens is 1. The summed E-state index contributed by atoms with van der Waals surface area (Å²) in [6, 6.07) is 4.61. The number of rotatable bonds is 8. The van der Waals surface area contributed by atoms with Crippen molar-refractivity contribution < 1.29 is 17.6 Å². The highest BCUT2D eigenvalue weighted by atomic mass is 32.2. The molecule has 130 valence electrons. The minimum atomic E-state index is -3.83. The number of likely N-dealkylation sites (N-methyl/N-ethyl adjacent to an activating group) is 1. The summed E-state index contributed by atoms with van der Waals surface area (Å²) in [5.74, 6) is -1.07. The molecule has 1 N–H and O–H groups in total. The van der Waals surface area contributed by atoms with E-state index in [1.165, 1.54) is 19.1 Å². The highest BCUT2D eigenvalue weighted by Gasteiger charge is 2.30. The topological polar surface area (TPSA) is 66.5 Å². The molecule has 23 heavy (non-hydrogen) atoms. The number of hydrogen-bond donors (Lipinski definition) is 1. The van der Waals surface area contributed by atoms with Gasteiger partial charge in [-0.25, -0.2) is 12.8 Å². The van der Waals surface area contributed by atoms with Crippen molar-refractivity contribution in [2.45, 2.75) is 43.9 Å². The molecule has 1 aromatic carbocycles. The van der Waals surface area contributed by atoms with Crippen molar-refractivity contribution >= 4 is 15.7 Å². The number of nitrogens with zero attached hydrogens (tertiary/aromatic N) is 1. The van der Waals surface area contributed by atoms with Crippen LogP contribution in [-0.2, 0) is 14.6 Å². The van der Waals surface area contributed by atoms with Gasteiger partial charge in [0, 0.05) is 12.6 Å². The molecule has 0 radical (unpaired) electrons. The maximum Gasteiger partial charge on any atom is 0.238 e. The van der Waals surface area contributed by atoms with Gasteiger partial charge in [-0.2, -0.15) is 0 Å². The van der Waals surface area contributed by atoms with Crippen LogP contribution in [-0.4, -0.2) is 50.2 Å². The van der Waals surface area contributed by atoms with Crippen LogP contribution in [0.25, 0.3) is 0 Å². The lowest BCUT2D eigenvalue weighted by Crippen LogP contribution is -2.45. The summed E-state index contributed by atoms with van der Waals surface area (Å²) in [7, 11) is -3.83. The second-order valence-corrected chi connectivity index (χ2v) is 7.73. The van der Waals surface area contributed by atoms with E-state index in [0.29, 0.717) is 6.54 Å². The van der Waals surface area contributed by atoms with Gasteiger partial charge >= 0.3 is 0 Å². The molecule has 0 saturated carbocycles. The van der Waals surface area contributed by atoms with E-state index in [1.54, 1.807) is 0 Å². The molecule has 7 heteroatoms. The predicted octanol–water partition coefficient (Wildman–Crippen LogP) is 1.83. The number of amides is 1. The standard InChI is InChI=1S/C16H25FN2O3S/c1-5-19(6-2)12(3)11-18-16(20)13(4)23(21,22)15-9-7-14(17)8-10-15/h7-10,12-13H,5-6,11H2,1-4H3,(H,18,20)/t12-,13-/m0/s1. The van der Waals surface area contributed by atoms with E-state index in [0.717, 1.165) is 25.2 Å². The molecule has 1 aromatic rings. The van der Waals surface area contributed by atoms with Crippen LogP contribution in [0.2, 0.25) is 0 Å². The van der Waals surface area contributed by atoms with Gasteiger partial charge in [-0.1, -0.05) is 13.8 Å². The van der Waals surface area contributed by atoms with Gasteiger partial charge in [-0.05, 0) is 51.2 Å². The van der Waals surface area contributed by atoms with Crippen LogP contribution in [0.1, 0.15) is 27.7 Å². The maximum atomic E-state index is 12.9. The molecule has 0 saturated heterocycles. The average Bonchev–Trinajstić information content (AvgIpc) is 2.53. The second-order valence-electron chi connectivity index (χ2n) is 5.46.